The molecule has 0 aliphatic heterocycles. The number of hydrogen-bond acceptors (Lipinski definition) is 3. The van der Waals surface area contributed by atoms with Gasteiger partial charge in [-0.25, -0.2) is 0 Å². The molecule has 0 fully saturated rings. The van der Waals surface area contributed by atoms with E-state index in [0.29, 0.717) is 0 Å². The highest BCUT2D eigenvalue weighted by molar-refractivity contribution is 9.10. The third kappa shape index (κ3) is 3.79. The van der Waals surface area contributed by atoms with Crippen LogP contribution >= 0.6 is 15.9 Å². The summed E-state index contributed by atoms with van der Waals surface area (Å²) in [5.74, 6) is 0.822. The Balaban J connectivity index is 2.17. The predicted octanol–water partition coefficient (Wildman–Crippen LogP) is 4.10. The molecular weight excluding hydrogens is 330 g/mol. The van der Waals surface area contributed by atoms with E-state index in [1.807, 2.05) is 29.9 Å². The van der Waals surface area contributed by atoms with Crippen molar-refractivity contribution in [1.29, 1.82) is 0 Å². The molecule has 0 aliphatic rings. The van der Waals surface area contributed by atoms with Gasteiger partial charge in [0.2, 0.25) is 0 Å². The molecule has 0 unspecified atom stereocenters. The monoisotopic (exact) mass is 351 g/mol. The van der Waals surface area contributed by atoms with Crippen LogP contribution in [0.4, 0.5) is 5.69 Å². The molecule has 0 atom stereocenters. The Morgan fingerprint density at radius 3 is 2.67 bits per heavy atom. The van der Waals surface area contributed by atoms with Crippen LogP contribution < -0.4 is 10.1 Å². The first kappa shape index (κ1) is 15.9. The van der Waals surface area contributed by atoms with Gasteiger partial charge < -0.3 is 10.1 Å². The average molecular weight is 352 g/mol. The van der Waals surface area contributed by atoms with Gasteiger partial charge in [0.15, 0.2) is 0 Å². The van der Waals surface area contributed by atoms with E-state index in [1.165, 1.54) is 5.56 Å². The van der Waals surface area contributed by atoms with Gasteiger partial charge in [-0.2, -0.15) is 5.10 Å². The summed E-state index contributed by atoms with van der Waals surface area (Å²) < 4.78 is 8.14. The van der Waals surface area contributed by atoms with Gasteiger partial charge in [0.05, 0.1) is 17.3 Å². The zero-order valence-electron chi connectivity index (χ0n) is 13.2. The van der Waals surface area contributed by atoms with Crippen LogP contribution in [0.1, 0.15) is 32.0 Å². The van der Waals surface area contributed by atoms with Gasteiger partial charge in [-0.15, -0.1) is 0 Å². The minimum atomic E-state index is 0.0374. The Hall–Kier alpha value is -1.49. The molecule has 1 heterocycles. The molecule has 1 aromatic heterocycles. The molecule has 0 radical (unpaired) electrons. The maximum Gasteiger partial charge on any atom is 0.135 e. The molecule has 0 saturated carbocycles. The number of aromatic nitrogens is 2. The van der Waals surface area contributed by atoms with Gasteiger partial charge >= 0.3 is 0 Å². The molecule has 0 spiro atoms. The lowest BCUT2D eigenvalue weighted by Crippen LogP contribution is -2.16. The summed E-state index contributed by atoms with van der Waals surface area (Å²) in [5.41, 5.74) is 3.41. The molecule has 2 rings (SSSR count). The van der Waals surface area contributed by atoms with Crippen molar-refractivity contribution in [3.63, 3.8) is 0 Å². The molecule has 1 N–H and O–H groups in total. The normalized spacial score (nSPS) is 11.5. The highest BCUT2D eigenvalue weighted by Crippen LogP contribution is 2.29. The topological polar surface area (TPSA) is 39.1 Å². The Kier molecular flexibility index (Phi) is 4.61. The molecule has 114 valence electrons. The average Bonchev–Trinajstić information content (AvgIpc) is 2.79. The van der Waals surface area contributed by atoms with E-state index < -0.39 is 0 Å². The first-order valence-corrected chi connectivity index (χ1v) is 7.71. The SMILES string of the molecule is COc1cc(NCc2cn(C)nc2C(C)(C)C)ccc1Br. The van der Waals surface area contributed by atoms with Crippen LogP contribution in [0.2, 0.25) is 0 Å². The van der Waals surface area contributed by atoms with E-state index in [0.717, 1.165) is 28.1 Å². The van der Waals surface area contributed by atoms with Crippen molar-refractivity contribution in [3.05, 3.63) is 40.1 Å². The van der Waals surface area contributed by atoms with Gasteiger partial charge in [-0.05, 0) is 28.1 Å². The van der Waals surface area contributed by atoms with Gasteiger partial charge in [0.25, 0.3) is 0 Å². The van der Waals surface area contributed by atoms with Gasteiger partial charge in [0, 0.05) is 42.5 Å². The summed E-state index contributed by atoms with van der Waals surface area (Å²) in [4.78, 5) is 0. The van der Waals surface area contributed by atoms with E-state index in [4.69, 9.17) is 4.74 Å². The summed E-state index contributed by atoms with van der Waals surface area (Å²) >= 11 is 3.46. The van der Waals surface area contributed by atoms with Crippen LogP contribution in [0.3, 0.4) is 0 Å². The van der Waals surface area contributed by atoms with Crippen molar-refractivity contribution in [3.8, 4) is 5.75 Å². The standard InChI is InChI=1S/C16H22BrN3O/c1-16(2,3)15-11(10-20(4)19-15)9-18-12-6-7-13(17)14(8-12)21-5/h6-8,10,18H,9H2,1-5H3. The van der Waals surface area contributed by atoms with Crippen LogP contribution in [-0.2, 0) is 19.0 Å². The van der Waals surface area contributed by atoms with Gasteiger partial charge in [-0.1, -0.05) is 20.8 Å². The van der Waals surface area contributed by atoms with E-state index >= 15 is 0 Å². The van der Waals surface area contributed by atoms with Crippen LogP contribution in [0, 0.1) is 0 Å². The highest BCUT2D eigenvalue weighted by atomic mass is 79.9. The maximum absolute atomic E-state index is 5.32. The molecule has 0 aliphatic carbocycles. The van der Waals surface area contributed by atoms with Gasteiger partial charge in [-0.3, -0.25) is 4.68 Å². The quantitative estimate of drug-likeness (QED) is 0.900. The zero-order chi connectivity index (χ0) is 15.6. The summed E-state index contributed by atoms with van der Waals surface area (Å²) in [7, 11) is 3.63. The van der Waals surface area contributed by atoms with Crippen molar-refractivity contribution in [1.82, 2.24) is 9.78 Å². The summed E-state index contributed by atoms with van der Waals surface area (Å²) in [6.45, 7) is 7.29. The molecule has 21 heavy (non-hydrogen) atoms. The second-order valence-electron chi connectivity index (χ2n) is 6.13. The lowest BCUT2D eigenvalue weighted by atomic mass is 9.89. The molecule has 2 aromatic rings. The van der Waals surface area contributed by atoms with E-state index in [9.17, 15) is 0 Å². The molecule has 0 bridgehead atoms. The molecule has 0 amide bonds. The van der Waals surface area contributed by atoms with Crippen LogP contribution in [0.15, 0.2) is 28.9 Å². The maximum atomic E-state index is 5.32. The van der Waals surface area contributed by atoms with Crippen LogP contribution in [-0.4, -0.2) is 16.9 Å². The Labute approximate surface area is 134 Å². The van der Waals surface area contributed by atoms with Crippen LogP contribution in [0.25, 0.3) is 0 Å². The molecule has 0 saturated heterocycles. The number of rotatable bonds is 4. The molecule has 5 heteroatoms. The van der Waals surface area contributed by atoms with Crippen LogP contribution in [0.5, 0.6) is 5.75 Å². The van der Waals surface area contributed by atoms with E-state index in [1.54, 1.807) is 7.11 Å². The third-order valence-electron chi connectivity index (χ3n) is 3.25. The number of nitrogens with one attached hydrogen (secondary N) is 1. The first-order chi connectivity index (χ1) is 9.81. The van der Waals surface area contributed by atoms with Crippen molar-refractivity contribution in [2.24, 2.45) is 7.05 Å². The number of methoxy groups -OCH3 is 1. The third-order valence-corrected chi connectivity index (χ3v) is 3.90. The fourth-order valence-corrected chi connectivity index (χ4v) is 2.67. The number of halogens is 1. The second-order valence-corrected chi connectivity index (χ2v) is 6.98. The minimum absolute atomic E-state index is 0.0374. The fourth-order valence-electron chi connectivity index (χ4n) is 2.27. The van der Waals surface area contributed by atoms with E-state index in [-0.39, 0.29) is 5.41 Å². The predicted molar refractivity (Wildman–Crippen MR) is 89.9 cm³/mol. The first-order valence-electron chi connectivity index (χ1n) is 6.91. The number of anilines is 1. The zero-order valence-corrected chi connectivity index (χ0v) is 14.8. The van der Waals surface area contributed by atoms with Crippen molar-refractivity contribution in [2.75, 3.05) is 12.4 Å². The summed E-state index contributed by atoms with van der Waals surface area (Å²) in [6, 6.07) is 5.99. The number of aryl methyl sites for hydroxylation is 1. The Morgan fingerprint density at radius 2 is 2.05 bits per heavy atom. The lowest BCUT2D eigenvalue weighted by Gasteiger charge is -2.18. The second kappa shape index (κ2) is 6.10. The number of nitrogens with zero attached hydrogens (tertiary/aromatic N) is 2. The Morgan fingerprint density at radius 1 is 1.33 bits per heavy atom. The van der Waals surface area contributed by atoms with E-state index in [2.05, 4.69) is 53.3 Å². The summed E-state index contributed by atoms with van der Waals surface area (Å²) in [6.07, 6.45) is 2.07. The lowest BCUT2D eigenvalue weighted by molar-refractivity contribution is 0.412. The largest absolute Gasteiger partial charge is 0.495 e. The van der Waals surface area contributed by atoms with Gasteiger partial charge in [0.1, 0.15) is 5.75 Å². The molecule has 4 nitrogen and oxygen atoms in total. The minimum Gasteiger partial charge on any atom is -0.495 e. The van der Waals surface area contributed by atoms with Crippen molar-refractivity contribution < 1.29 is 4.74 Å². The number of benzene rings is 1. The number of ether oxygens (including phenoxy) is 1. The Bertz CT molecular complexity index is 629. The van der Waals surface area contributed by atoms with Crippen molar-refractivity contribution >= 4 is 21.6 Å². The summed E-state index contributed by atoms with van der Waals surface area (Å²) in [5, 5.41) is 8.02. The van der Waals surface area contributed by atoms with Crippen molar-refractivity contribution in [2.45, 2.75) is 32.7 Å². The smallest absolute Gasteiger partial charge is 0.135 e. The molecule has 1 aromatic carbocycles. The molecular formula is C16H22BrN3O. The number of hydrogen-bond donors (Lipinski definition) is 1. The fraction of sp³-hybridized carbons (Fsp3) is 0.438. The highest BCUT2D eigenvalue weighted by Gasteiger charge is 2.21.